The number of nitrogens with zero attached hydrogens (tertiary/aromatic N) is 3. The van der Waals surface area contributed by atoms with Gasteiger partial charge in [-0.2, -0.15) is 18.3 Å². The molecule has 0 saturated carbocycles. The van der Waals surface area contributed by atoms with Crippen molar-refractivity contribution in [2.24, 2.45) is 0 Å². The summed E-state index contributed by atoms with van der Waals surface area (Å²) in [5, 5.41) is 22.3. The van der Waals surface area contributed by atoms with Gasteiger partial charge in [-0.25, -0.2) is 4.79 Å². The van der Waals surface area contributed by atoms with E-state index < -0.39 is 12.1 Å². The van der Waals surface area contributed by atoms with E-state index >= 15 is 0 Å². The fourth-order valence-corrected chi connectivity index (χ4v) is 4.38. The maximum absolute atomic E-state index is 10.6. The number of fused-ring (bicyclic) bond motifs is 2. The summed E-state index contributed by atoms with van der Waals surface area (Å²) in [5.41, 5.74) is 2.30. The predicted molar refractivity (Wildman–Crippen MR) is 111 cm³/mol. The minimum absolute atomic E-state index is 0.0798. The van der Waals surface area contributed by atoms with E-state index in [1.807, 2.05) is 16.9 Å². The maximum atomic E-state index is 10.6. The summed E-state index contributed by atoms with van der Waals surface area (Å²) in [6, 6.07) is 6.22. The summed E-state index contributed by atoms with van der Waals surface area (Å²) in [7, 11) is 0. The van der Waals surface area contributed by atoms with Crippen molar-refractivity contribution in [3.8, 4) is 5.75 Å². The first kappa shape index (κ1) is 24.3. The Hall–Kier alpha value is -2.30. The molecule has 1 fully saturated rings. The van der Waals surface area contributed by atoms with Crippen molar-refractivity contribution in [1.82, 2.24) is 14.7 Å². The molecule has 1 saturated heterocycles. The Morgan fingerprint density at radius 3 is 2.66 bits per heavy atom. The number of hydrogen-bond donors (Lipinski definition) is 2. The fourth-order valence-electron chi connectivity index (χ4n) is 4.22. The first-order valence-corrected chi connectivity index (χ1v) is 10.6. The van der Waals surface area contributed by atoms with Crippen LogP contribution in [0.25, 0.3) is 0 Å². The van der Waals surface area contributed by atoms with Gasteiger partial charge in [-0.1, -0.05) is 30.7 Å². The number of benzene rings is 1. The van der Waals surface area contributed by atoms with Crippen molar-refractivity contribution >= 4 is 17.6 Å². The van der Waals surface area contributed by atoms with Crippen molar-refractivity contribution in [3.05, 3.63) is 46.7 Å². The normalized spacial score (nSPS) is 23.0. The lowest BCUT2D eigenvalue weighted by atomic mass is 9.83. The molecule has 0 amide bonds. The molecule has 2 aliphatic rings. The molecule has 2 N–H and O–H groups in total. The molecule has 0 spiro atoms. The van der Waals surface area contributed by atoms with Crippen LogP contribution in [-0.2, 0) is 28.9 Å². The van der Waals surface area contributed by atoms with Crippen LogP contribution in [-0.4, -0.2) is 68.4 Å². The van der Waals surface area contributed by atoms with E-state index in [-0.39, 0.29) is 12.2 Å². The monoisotopic (exact) mass is 475 g/mol. The third kappa shape index (κ3) is 5.93. The molecule has 0 radical (unpaired) electrons. The molecule has 7 nitrogen and oxygen atoms in total. The van der Waals surface area contributed by atoms with Crippen molar-refractivity contribution in [3.63, 3.8) is 0 Å². The van der Waals surface area contributed by atoms with Crippen molar-refractivity contribution < 1.29 is 32.9 Å². The van der Waals surface area contributed by atoms with Gasteiger partial charge in [-0.15, -0.1) is 0 Å². The summed E-state index contributed by atoms with van der Waals surface area (Å²) in [6.07, 6.45) is 1.43. The molecule has 2 heterocycles. The highest BCUT2D eigenvalue weighted by molar-refractivity contribution is 6.30. The molecule has 1 aromatic heterocycles. The molecule has 1 aromatic carbocycles. The Morgan fingerprint density at radius 1 is 1.34 bits per heavy atom. The SMILES string of the molecule is CCCN1C[C@H](Cn2cc(Cl)cn2)O[C@@H]2Cc3c(O)cccc3C[C@H]21.O=C(O)C(F)(F)F. The van der Waals surface area contributed by atoms with E-state index in [9.17, 15) is 18.3 Å². The Balaban J connectivity index is 0.000000360. The average molecular weight is 476 g/mol. The largest absolute Gasteiger partial charge is 0.508 e. The summed E-state index contributed by atoms with van der Waals surface area (Å²) >= 11 is 5.98. The predicted octanol–water partition coefficient (Wildman–Crippen LogP) is 3.52. The maximum Gasteiger partial charge on any atom is 0.490 e. The van der Waals surface area contributed by atoms with E-state index in [0.717, 1.165) is 37.9 Å². The number of carboxylic acid groups (broad SMARTS) is 1. The van der Waals surface area contributed by atoms with E-state index in [4.69, 9.17) is 26.2 Å². The summed E-state index contributed by atoms with van der Waals surface area (Å²) in [5.74, 6) is -2.37. The Labute approximate surface area is 188 Å². The molecule has 3 atom stereocenters. The zero-order chi connectivity index (χ0) is 23.5. The lowest BCUT2D eigenvalue weighted by Crippen LogP contribution is -2.58. The number of carbonyl (C=O) groups is 1. The third-order valence-electron chi connectivity index (χ3n) is 5.53. The van der Waals surface area contributed by atoms with Crippen LogP contribution < -0.4 is 0 Å². The lowest BCUT2D eigenvalue weighted by Gasteiger charge is -2.47. The molecule has 1 aliphatic heterocycles. The van der Waals surface area contributed by atoms with Crippen LogP contribution in [0.1, 0.15) is 24.5 Å². The van der Waals surface area contributed by atoms with E-state index in [0.29, 0.717) is 23.4 Å². The number of rotatable bonds is 4. The summed E-state index contributed by atoms with van der Waals surface area (Å²) in [4.78, 5) is 11.4. The van der Waals surface area contributed by atoms with Crippen LogP contribution in [0.3, 0.4) is 0 Å². The van der Waals surface area contributed by atoms with Gasteiger partial charge in [0.2, 0.25) is 0 Å². The summed E-state index contributed by atoms with van der Waals surface area (Å²) in [6.45, 7) is 4.88. The molecule has 2 aromatic rings. The number of aliphatic carboxylic acids is 1. The van der Waals surface area contributed by atoms with Crippen LogP contribution in [0.5, 0.6) is 5.75 Å². The number of alkyl halides is 3. The topological polar surface area (TPSA) is 87.8 Å². The number of aromatic hydroxyl groups is 1. The van der Waals surface area contributed by atoms with Gasteiger partial charge in [0.1, 0.15) is 5.75 Å². The minimum Gasteiger partial charge on any atom is -0.508 e. The Morgan fingerprint density at radius 2 is 2.06 bits per heavy atom. The van der Waals surface area contributed by atoms with Crippen LogP contribution in [0.4, 0.5) is 13.2 Å². The molecular weight excluding hydrogens is 451 g/mol. The number of aromatic nitrogens is 2. The number of phenolic OH excluding ortho intramolecular Hbond substituents is 1. The number of halogens is 4. The third-order valence-corrected chi connectivity index (χ3v) is 5.73. The molecular formula is C21H25ClF3N3O4. The zero-order valence-corrected chi connectivity index (χ0v) is 18.2. The number of phenols is 1. The number of morpholine rings is 1. The van der Waals surface area contributed by atoms with Crippen molar-refractivity contribution in [1.29, 1.82) is 0 Å². The lowest BCUT2D eigenvalue weighted by molar-refractivity contribution is -0.192. The van der Waals surface area contributed by atoms with Crippen molar-refractivity contribution in [2.45, 2.75) is 57.2 Å². The molecule has 4 rings (SSSR count). The van der Waals surface area contributed by atoms with Gasteiger partial charge >= 0.3 is 12.1 Å². The quantitative estimate of drug-likeness (QED) is 0.703. The van der Waals surface area contributed by atoms with Crippen LogP contribution in [0.2, 0.25) is 5.02 Å². The van der Waals surface area contributed by atoms with Crippen LogP contribution in [0.15, 0.2) is 30.6 Å². The minimum atomic E-state index is -5.08. The van der Waals surface area contributed by atoms with E-state index in [1.54, 1.807) is 12.3 Å². The second-order valence-corrected chi connectivity index (χ2v) is 8.30. The van der Waals surface area contributed by atoms with E-state index in [2.05, 4.69) is 23.0 Å². The standard InChI is InChI=1S/C19H24ClN3O2.C2HF3O2/c1-2-6-22-11-15(12-23-10-14(20)9-21-23)25-19-8-16-13(7-17(19)22)4-3-5-18(16)24;3-2(4,5)1(6)7/h3-5,9-10,15,17,19,24H,2,6-8,11-12H2,1H3;(H,6,7)/t15-,17-,19-;/m1./s1. The number of carboxylic acids is 1. The van der Waals surface area contributed by atoms with E-state index in [1.165, 1.54) is 5.56 Å². The van der Waals surface area contributed by atoms with Gasteiger partial charge in [0.15, 0.2) is 0 Å². The second-order valence-electron chi connectivity index (χ2n) is 7.87. The van der Waals surface area contributed by atoms with Gasteiger partial charge in [-0.05, 0) is 36.6 Å². The van der Waals surface area contributed by atoms with Crippen molar-refractivity contribution in [2.75, 3.05) is 13.1 Å². The fraction of sp³-hybridized carbons (Fsp3) is 0.524. The van der Waals surface area contributed by atoms with Crippen LogP contribution in [0, 0.1) is 0 Å². The first-order valence-electron chi connectivity index (χ1n) is 10.3. The molecule has 0 unspecified atom stereocenters. The molecule has 32 heavy (non-hydrogen) atoms. The van der Waals surface area contributed by atoms with Gasteiger partial charge in [-0.3, -0.25) is 9.58 Å². The molecule has 1 aliphatic carbocycles. The smallest absolute Gasteiger partial charge is 0.490 e. The zero-order valence-electron chi connectivity index (χ0n) is 17.4. The van der Waals surface area contributed by atoms with Crippen LogP contribution >= 0.6 is 11.6 Å². The van der Waals surface area contributed by atoms with Gasteiger partial charge in [0.05, 0.1) is 30.0 Å². The highest BCUT2D eigenvalue weighted by Gasteiger charge is 2.40. The Bertz CT molecular complexity index is 937. The first-order chi connectivity index (χ1) is 15.1. The molecule has 0 bridgehead atoms. The Kier molecular flexibility index (Phi) is 7.68. The molecule has 176 valence electrons. The number of hydrogen-bond acceptors (Lipinski definition) is 5. The number of ether oxygens (including phenoxy) is 1. The second kappa shape index (κ2) is 10.1. The summed E-state index contributed by atoms with van der Waals surface area (Å²) < 4.78 is 40.0. The van der Waals surface area contributed by atoms with Gasteiger partial charge in [0, 0.05) is 25.2 Å². The molecule has 11 heteroatoms. The highest BCUT2D eigenvalue weighted by Crippen LogP contribution is 2.35. The van der Waals surface area contributed by atoms with Gasteiger partial charge in [0.25, 0.3) is 0 Å². The highest BCUT2D eigenvalue weighted by atomic mass is 35.5. The van der Waals surface area contributed by atoms with Gasteiger partial charge < -0.3 is 14.9 Å². The average Bonchev–Trinajstić information content (AvgIpc) is 3.12.